The van der Waals surface area contributed by atoms with E-state index in [0.717, 1.165) is 5.56 Å². The van der Waals surface area contributed by atoms with Crippen LogP contribution >= 0.6 is 0 Å². The lowest BCUT2D eigenvalue weighted by Gasteiger charge is -2.31. The number of anilines is 1. The molecule has 0 bridgehead atoms. The Morgan fingerprint density at radius 3 is 2.49 bits per heavy atom. The highest BCUT2D eigenvalue weighted by Crippen LogP contribution is 2.40. The van der Waals surface area contributed by atoms with Crippen LogP contribution in [0.3, 0.4) is 0 Å². The summed E-state index contributed by atoms with van der Waals surface area (Å²) in [6.45, 7) is 0.485. The molecule has 1 amide bonds. The van der Waals surface area contributed by atoms with Crippen LogP contribution in [0.1, 0.15) is 36.0 Å². The van der Waals surface area contributed by atoms with Gasteiger partial charge >= 0.3 is 16.4 Å². The van der Waals surface area contributed by atoms with Crippen LogP contribution in [0.15, 0.2) is 36.4 Å². The van der Waals surface area contributed by atoms with Crippen molar-refractivity contribution in [2.75, 3.05) is 23.9 Å². The maximum atomic E-state index is 15.9. The fourth-order valence-corrected chi connectivity index (χ4v) is 5.42. The molecule has 2 aliphatic heterocycles. The van der Waals surface area contributed by atoms with Gasteiger partial charge < -0.3 is 4.74 Å². The van der Waals surface area contributed by atoms with Gasteiger partial charge in [0.25, 0.3) is 5.91 Å². The van der Waals surface area contributed by atoms with Crippen molar-refractivity contribution in [1.82, 2.24) is 9.62 Å². The van der Waals surface area contributed by atoms with Crippen molar-refractivity contribution in [3.63, 3.8) is 0 Å². The van der Waals surface area contributed by atoms with Crippen molar-refractivity contribution in [3.8, 4) is 5.75 Å². The van der Waals surface area contributed by atoms with E-state index >= 15 is 4.39 Å². The molecule has 0 unspecified atom stereocenters. The van der Waals surface area contributed by atoms with E-state index in [9.17, 15) is 26.4 Å². The van der Waals surface area contributed by atoms with Crippen LogP contribution in [0.2, 0.25) is 0 Å². The second-order valence-corrected chi connectivity index (χ2v) is 10.2. The van der Waals surface area contributed by atoms with Crippen molar-refractivity contribution in [2.24, 2.45) is 0 Å². The van der Waals surface area contributed by atoms with Crippen LogP contribution in [-0.4, -0.2) is 45.0 Å². The van der Waals surface area contributed by atoms with Gasteiger partial charge in [-0.05, 0) is 43.0 Å². The highest BCUT2D eigenvalue weighted by atomic mass is 32.2. The fourth-order valence-electron chi connectivity index (χ4n) is 4.26. The summed E-state index contributed by atoms with van der Waals surface area (Å²) in [5.74, 6) is -1.60. The number of benzene rings is 2. The van der Waals surface area contributed by atoms with Gasteiger partial charge in [0.05, 0.1) is 0 Å². The van der Waals surface area contributed by atoms with E-state index in [0.29, 0.717) is 35.8 Å². The quantitative estimate of drug-likeness (QED) is 0.429. The highest BCUT2D eigenvalue weighted by Gasteiger charge is 2.39. The number of fused-ring (bicyclic) bond motifs is 1. The van der Waals surface area contributed by atoms with Crippen LogP contribution in [-0.2, 0) is 34.6 Å². The molecule has 4 rings (SSSR count). The summed E-state index contributed by atoms with van der Waals surface area (Å²) < 4.78 is 86.5. The first kappa shape index (κ1) is 25.2. The third kappa shape index (κ3) is 6.04. The van der Waals surface area contributed by atoms with Crippen molar-refractivity contribution in [2.45, 2.75) is 45.0 Å². The Balaban J connectivity index is 1.60. The number of hydrogen-bond donors (Lipinski definition) is 1. The predicted molar refractivity (Wildman–Crippen MR) is 120 cm³/mol. The lowest BCUT2D eigenvalue weighted by molar-refractivity contribution is -0.135. The van der Waals surface area contributed by atoms with Crippen LogP contribution < -0.4 is 13.8 Å². The number of nitrogens with one attached hydrogen (secondary N) is 1. The van der Waals surface area contributed by atoms with E-state index in [1.54, 1.807) is 6.07 Å². The lowest BCUT2D eigenvalue weighted by atomic mass is 9.97. The minimum atomic E-state index is -4.30. The maximum Gasteiger partial charge on any atom is 0.389 e. The molecule has 35 heavy (non-hydrogen) atoms. The first-order chi connectivity index (χ1) is 16.5. The molecule has 0 aliphatic carbocycles. The van der Waals surface area contributed by atoms with Crippen LogP contribution in [0.4, 0.5) is 23.2 Å². The normalized spacial score (nSPS) is 17.8. The molecule has 2 aliphatic rings. The van der Waals surface area contributed by atoms with E-state index in [1.165, 1.54) is 0 Å². The van der Waals surface area contributed by atoms with Gasteiger partial charge in [-0.1, -0.05) is 30.3 Å². The summed E-state index contributed by atoms with van der Waals surface area (Å²) in [4.78, 5) is 13.7. The second-order valence-electron chi connectivity index (χ2n) is 8.58. The van der Waals surface area contributed by atoms with Gasteiger partial charge in [0.1, 0.15) is 24.6 Å². The molecule has 7 nitrogen and oxygen atoms in total. The Labute approximate surface area is 200 Å². The minimum absolute atomic E-state index is 0.00352. The third-order valence-electron chi connectivity index (χ3n) is 5.97. The van der Waals surface area contributed by atoms with Gasteiger partial charge in [-0.2, -0.15) is 21.6 Å². The topological polar surface area (TPSA) is 79.0 Å². The largest absolute Gasteiger partial charge is 0.487 e. The number of halogens is 4. The Kier molecular flexibility index (Phi) is 7.22. The zero-order chi connectivity index (χ0) is 25.2. The zero-order valence-electron chi connectivity index (χ0n) is 18.8. The number of carbonyl (C=O) groups is 1. The Hall–Kier alpha value is -2.86. The van der Waals surface area contributed by atoms with Crippen LogP contribution in [0.5, 0.6) is 5.75 Å². The number of ether oxygens (including phenoxy) is 1. The summed E-state index contributed by atoms with van der Waals surface area (Å²) in [5.41, 5.74) is 1.33. The molecular formula is C23H25F4N3O4S. The van der Waals surface area contributed by atoms with Crippen molar-refractivity contribution in [1.29, 1.82) is 0 Å². The molecule has 0 radical (unpaired) electrons. The first-order valence-electron chi connectivity index (χ1n) is 11.2. The number of alkyl halides is 3. The molecule has 0 aromatic heterocycles. The number of rotatable bonds is 8. The standard InChI is InChI=1S/C23H25F4N3O4S/c24-21-18-13-29(10-5-4-9-23(25,26)27)11-8-17(18)12-19(34-15-16-6-2-1-3-7-16)22(21)30-14-20(31)28-35(30,32)33/h1-3,6-7,12H,4-5,8-11,13-15H2,(H,28,31). The summed E-state index contributed by atoms with van der Waals surface area (Å²) in [5, 5.41) is 0. The molecule has 12 heteroatoms. The second kappa shape index (κ2) is 10.0. The Bertz CT molecular complexity index is 1190. The van der Waals surface area contributed by atoms with Crippen molar-refractivity contribution in [3.05, 3.63) is 58.9 Å². The zero-order valence-corrected chi connectivity index (χ0v) is 19.6. The van der Waals surface area contributed by atoms with E-state index in [4.69, 9.17) is 4.74 Å². The van der Waals surface area contributed by atoms with E-state index in [1.807, 2.05) is 40.0 Å². The van der Waals surface area contributed by atoms with E-state index in [-0.39, 0.29) is 36.6 Å². The third-order valence-corrected chi connectivity index (χ3v) is 7.35. The number of nitrogens with zero attached hydrogens (tertiary/aromatic N) is 2. The molecule has 1 fully saturated rings. The van der Waals surface area contributed by atoms with Gasteiger partial charge in [0.2, 0.25) is 0 Å². The summed E-state index contributed by atoms with van der Waals surface area (Å²) in [6, 6.07) is 10.7. The van der Waals surface area contributed by atoms with Gasteiger partial charge in [-0.3, -0.25) is 9.69 Å². The van der Waals surface area contributed by atoms with Crippen LogP contribution in [0, 0.1) is 5.82 Å². The van der Waals surface area contributed by atoms with Gasteiger partial charge in [-0.25, -0.2) is 13.4 Å². The molecule has 2 heterocycles. The van der Waals surface area contributed by atoms with E-state index < -0.39 is 41.1 Å². The SMILES string of the molecule is O=C1CN(c2c(OCc3ccccc3)cc3c(c2F)CN(CCCCC(F)(F)F)CC3)S(=O)(=O)N1. The molecule has 1 saturated heterocycles. The molecular weight excluding hydrogens is 490 g/mol. The molecule has 2 aromatic rings. The number of amides is 1. The fraction of sp³-hybridized carbons (Fsp3) is 0.435. The van der Waals surface area contributed by atoms with Gasteiger partial charge in [0.15, 0.2) is 5.82 Å². The molecule has 2 aromatic carbocycles. The predicted octanol–water partition coefficient (Wildman–Crippen LogP) is 3.68. The smallest absolute Gasteiger partial charge is 0.389 e. The highest BCUT2D eigenvalue weighted by molar-refractivity contribution is 7.92. The monoisotopic (exact) mass is 515 g/mol. The Morgan fingerprint density at radius 2 is 1.83 bits per heavy atom. The lowest BCUT2D eigenvalue weighted by Crippen LogP contribution is -2.34. The molecule has 1 N–H and O–H groups in total. The average molecular weight is 516 g/mol. The van der Waals surface area contributed by atoms with Crippen molar-refractivity contribution < 1.29 is 35.5 Å². The van der Waals surface area contributed by atoms with Crippen LogP contribution in [0.25, 0.3) is 0 Å². The minimum Gasteiger partial charge on any atom is -0.487 e. The molecule has 0 spiro atoms. The van der Waals surface area contributed by atoms with Crippen molar-refractivity contribution >= 4 is 21.8 Å². The molecule has 0 saturated carbocycles. The first-order valence-corrected chi connectivity index (χ1v) is 12.6. The van der Waals surface area contributed by atoms with Gasteiger partial charge in [0, 0.05) is 25.1 Å². The number of unbranched alkanes of at least 4 members (excludes halogenated alkanes) is 1. The molecule has 190 valence electrons. The van der Waals surface area contributed by atoms with Gasteiger partial charge in [-0.15, -0.1) is 0 Å². The number of carbonyl (C=O) groups excluding carboxylic acids is 1. The number of hydrogen-bond acceptors (Lipinski definition) is 5. The average Bonchev–Trinajstić information content (AvgIpc) is 3.07. The maximum absolute atomic E-state index is 15.9. The summed E-state index contributed by atoms with van der Waals surface area (Å²) in [7, 11) is -4.30. The molecule has 0 atom stereocenters. The summed E-state index contributed by atoms with van der Waals surface area (Å²) in [6.07, 6.45) is -4.37. The summed E-state index contributed by atoms with van der Waals surface area (Å²) >= 11 is 0. The Morgan fingerprint density at radius 1 is 1.09 bits per heavy atom. The van der Waals surface area contributed by atoms with E-state index in [2.05, 4.69) is 0 Å².